The lowest BCUT2D eigenvalue weighted by Crippen LogP contribution is -2.22. The molecule has 0 atom stereocenters. The van der Waals surface area contributed by atoms with Gasteiger partial charge in [-0.1, -0.05) is 46.3 Å². The van der Waals surface area contributed by atoms with Crippen LogP contribution in [0.3, 0.4) is 0 Å². The summed E-state index contributed by atoms with van der Waals surface area (Å²) in [7, 11) is 0. The molecular formula is C25H21BrN4O2. The fourth-order valence-corrected chi connectivity index (χ4v) is 4.66. The summed E-state index contributed by atoms with van der Waals surface area (Å²) in [4.78, 5) is 29.9. The maximum absolute atomic E-state index is 13.0. The summed E-state index contributed by atoms with van der Waals surface area (Å²) >= 11 is 3.57. The minimum Gasteiger partial charge on any atom is -0.347 e. The van der Waals surface area contributed by atoms with E-state index in [2.05, 4.69) is 36.9 Å². The molecule has 3 heterocycles. The van der Waals surface area contributed by atoms with Crippen LogP contribution in [-0.2, 0) is 22.7 Å². The zero-order valence-corrected chi connectivity index (χ0v) is 19.1. The largest absolute Gasteiger partial charge is 0.347 e. The third kappa shape index (κ3) is 3.58. The second kappa shape index (κ2) is 8.24. The van der Waals surface area contributed by atoms with Gasteiger partial charge in [0.25, 0.3) is 11.8 Å². The first-order valence-corrected chi connectivity index (χ1v) is 11.2. The summed E-state index contributed by atoms with van der Waals surface area (Å²) in [6, 6.07) is 13.7. The number of imidazole rings is 1. The van der Waals surface area contributed by atoms with Gasteiger partial charge in [0.15, 0.2) is 0 Å². The van der Waals surface area contributed by atoms with Crippen molar-refractivity contribution in [1.29, 1.82) is 0 Å². The minimum absolute atomic E-state index is 0.350. The SMILES string of the molecule is Cc1ccccc1C1=C(c2cn(CCCn3ccnc3)c3cc(Br)ccc23)C(=O)NC1=O. The number of nitrogens with zero attached hydrogens (tertiary/aromatic N) is 3. The molecule has 4 aromatic rings. The molecule has 2 aromatic heterocycles. The van der Waals surface area contributed by atoms with Crippen molar-refractivity contribution in [2.24, 2.45) is 0 Å². The van der Waals surface area contributed by atoms with Crippen molar-refractivity contribution in [3.63, 3.8) is 0 Å². The van der Waals surface area contributed by atoms with E-state index in [0.717, 1.165) is 51.6 Å². The number of benzene rings is 2. The fourth-order valence-electron chi connectivity index (χ4n) is 4.31. The number of carbonyl (C=O) groups is 2. The number of hydrogen-bond donors (Lipinski definition) is 1. The molecule has 0 aliphatic carbocycles. The number of rotatable bonds is 6. The number of hydrogen-bond acceptors (Lipinski definition) is 3. The van der Waals surface area contributed by atoms with E-state index in [9.17, 15) is 9.59 Å². The predicted molar refractivity (Wildman–Crippen MR) is 128 cm³/mol. The summed E-state index contributed by atoms with van der Waals surface area (Å²) in [6.45, 7) is 3.57. The third-order valence-corrected chi connectivity index (χ3v) is 6.33. The average molecular weight is 489 g/mol. The zero-order chi connectivity index (χ0) is 22.2. The van der Waals surface area contributed by atoms with Gasteiger partial charge in [0.2, 0.25) is 0 Å². The van der Waals surface area contributed by atoms with Gasteiger partial charge in [0.05, 0.1) is 17.5 Å². The van der Waals surface area contributed by atoms with E-state index in [-0.39, 0.29) is 11.8 Å². The molecule has 7 heteroatoms. The summed E-state index contributed by atoms with van der Waals surface area (Å²) in [5, 5.41) is 3.45. The van der Waals surface area contributed by atoms with Crippen LogP contribution >= 0.6 is 15.9 Å². The number of carbonyl (C=O) groups excluding carboxylic acids is 2. The Kier molecular flexibility index (Phi) is 5.27. The van der Waals surface area contributed by atoms with Crippen LogP contribution in [0.5, 0.6) is 0 Å². The molecule has 32 heavy (non-hydrogen) atoms. The first-order valence-electron chi connectivity index (χ1n) is 10.4. The van der Waals surface area contributed by atoms with Crippen LogP contribution in [-0.4, -0.2) is 25.9 Å². The standard InChI is InChI=1S/C25H21BrN4O2/c1-16-5-2-3-6-18(16)22-23(25(32)28-24(22)31)20-14-30(11-4-10-29-12-9-27-15-29)21-13-17(26)7-8-19(20)21/h2-3,5-9,12-15H,4,10-11H2,1H3,(H,28,31,32). The molecule has 0 unspecified atom stereocenters. The van der Waals surface area contributed by atoms with Crippen LogP contribution in [0.15, 0.2) is 71.9 Å². The highest BCUT2D eigenvalue weighted by atomic mass is 79.9. The number of nitrogens with one attached hydrogen (secondary N) is 1. The van der Waals surface area contributed by atoms with Crippen LogP contribution in [0.25, 0.3) is 22.0 Å². The molecule has 1 aliphatic rings. The quantitative estimate of drug-likeness (QED) is 0.404. The molecule has 0 saturated heterocycles. The Hall–Kier alpha value is -3.45. The van der Waals surface area contributed by atoms with Crippen molar-refractivity contribution in [3.05, 3.63) is 88.5 Å². The Morgan fingerprint density at radius 1 is 1.00 bits per heavy atom. The molecule has 160 valence electrons. The molecule has 0 fully saturated rings. The molecule has 0 bridgehead atoms. The molecule has 2 aromatic carbocycles. The summed E-state index contributed by atoms with van der Waals surface area (Å²) in [6.07, 6.45) is 8.43. The molecule has 0 spiro atoms. The van der Waals surface area contributed by atoms with E-state index in [1.807, 2.05) is 66.6 Å². The van der Waals surface area contributed by atoms with Crippen molar-refractivity contribution < 1.29 is 9.59 Å². The van der Waals surface area contributed by atoms with Crippen molar-refractivity contribution in [2.75, 3.05) is 0 Å². The average Bonchev–Trinajstić information content (AvgIpc) is 3.47. The Bertz CT molecular complexity index is 1380. The van der Waals surface area contributed by atoms with Gasteiger partial charge < -0.3 is 9.13 Å². The summed E-state index contributed by atoms with van der Waals surface area (Å²) in [5.41, 5.74) is 4.40. The Morgan fingerprint density at radius 2 is 1.78 bits per heavy atom. The van der Waals surface area contributed by atoms with Crippen molar-refractivity contribution >= 4 is 49.8 Å². The van der Waals surface area contributed by atoms with Gasteiger partial charge in [0.1, 0.15) is 0 Å². The normalized spacial score (nSPS) is 13.9. The smallest absolute Gasteiger partial charge is 0.259 e. The topological polar surface area (TPSA) is 68.9 Å². The Morgan fingerprint density at radius 3 is 2.53 bits per heavy atom. The lowest BCUT2D eigenvalue weighted by molar-refractivity contribution is -0.122. The second-order valence-corrected chi connectivity index (χ2v) is 8.82. The van der Waals surface area contributed by atoms with E-state index in [4.69, 9.17) is 0 Å². The number of aryl methyl sites for hydroxylation is 3. The Balaban J connectivity index is 1.63. The highest BCUT2D eigenvalue weighted by Gasteiger charge is 2.34. The van der Waals surface area contributed by atoms with E-state index in [0.29, 0.717) is 11.1 Å². The molecule has 1 N–H and O–H groups in total. The van der Waals surface area contributed by atoms with Crippen LogP contribution in [0.1, 0.15) is 23.1 Å². The first-order chi connectivity index (χ1) is 15.5. The maximum Gasteiger partial charge on any atom is 0.259 e. The van der Waals surface area contributed by atoms with Gasteiger partial charge in [-0.25, -0.2) is 4.98 Å². The predicted octanol–water partition coefficient (Wildman–Crippen LogP) is 4.57. The number of imide groups is 1. The number of fused-ring (bicyclic) bond motifs is 1. The van der Waals surface area contributed by atoms with E-state index in [1.54, 1.807) is 6.20 Å². The summed E-state index contributed by atoms with van der Waals surface area (Å²) < 4.78 is 5.17. The lowest BCUT2D eigenvalue weighted by Gasteiger charge is -2.07. The number of aromatic nitrogens is 3. The molecule has 6 nitrogen and oxygen atoms in total. The molecule has 0 saturated carbocycles. The number of amides is 2. The zero-order valence-electron chi connectivity index (χ0n) is 17.5. The van der Waals surface area contributed by atoms with E-state index >= 15 is 0 Å². The molecular weight excluding hydrogens is 468 g/mol. The van der Waals surface area contributed by atoms with Crippen molar-refractivity contribution in [3.8, 4) is 0 Å². The van der Waals surface area contributed by atoms with Gasteiger partial charge >= 0.3 is 0 Å². The van der Waals surface area contributed by atoms with Gasteiger partial charge in [-0.15, -0.1) is 0 Å². The molecule has 5 rings (SSSR count). The van der Waals surface area contributed by atoms with Crippen LogP contribution in [0, 0.1) is 6.92 Å². The van der Waals surface area contributed by atoms with Crippen LogP contribution in [0.4, 0.5) is 0 Å². The lowest BCUT2D eigenvalue weighted by atomic mass is 9.93. The molecule has 1 aliphatic heterocycles. The van der Waals surface area contributed by atoms with Crippen LogP contribution in [0.2, 0.25) is 0 Å². The highest BCUT2D eigenvalue weighted by Crippen LogP contribution is 2.37. The van der Waals surface area contributed by atoms with Crippen molar-refractivity contribution in [2.45, 2.75) is 26.4 Å². The first kappa shape index (κ1) is 20.5. The monoisotopic (exact) mass is 488 g/mol. The van der Waals surface area contributed by atoms with E-state index in [1.165, 1.54) is 0 Å². The van der Waals surface area contributed by atoms with Gasteiger partial charge in [-0.2, -0.15) is 0 Å². The molecule has 2 amide bonds. The third-order valence-electron chi connectivity index (χ3n) is 5.83. The highest BCUT2D eigenvalue weighted by molar-refractivity contribution is 9.10. The van der Waals surface area contributed by atoms with Gasteiger partial charge in [0, 0.05) is 52.6 Å². The second-order valence-electron chi connectivity index (χ2n) is 7.90. The van der Waals surface area contributed by atoms with Crippen LogP contribution < -0.4 is 5.32 Å². The number of halogens is 1. The summed E-state index contributed by atoms with van der Waals surface area (Å²) in [5.74, 6) is -0.703. The maximum atomic E-state index is 13.0. The van der Waals surface area contributed by atoms with Crippen molar-refractivity contribution in [1.82, 2.24) is 19.4 Å². The Labute approximate surface area is 193 Å². The fraction of sp³-hybridized carbons (Fsp3) is 0.160. The van der Waals surface area contributed by atoms with E-state index < -0.39 is 0 Å². The minimum atomic E-state index is -0.353. The molecule has 0 radical (unpaired) electrons. The van der Waals surface area contributed by atoms with Gasteiger partial charge in [-0.05, 0) is 36.6 Å². The van der Waals surface area contributed by atoms with Gasteiger partial charge in [-0.3, -0.25) is 14.9 Å².